The number of thioether (sulfide) groups is 1. The first-order valence-corrected chi connectivity index (χ1v) is 9.03. The molecule has 0 radical (unpaired) electrons. The van der Waals surface area contributed by atoms with E-state index >= 15 is 0 Å². The van der Waals surface area contributed by atoms with Crippen molar-refractivity contribution in [2.75, 3.05) is 26.0 Å². The highest BCUT2D eigenvalue weighted by molar-refractivity contribution is 7.99. The molecule has 0 aromatic carbocycles. The number of methoxy groups -OCH3 is 1. The van der Waals surface area contributed by atoms with Gasteiger partial charge < -0.3 is 9.64 Å². The minimum Gasteiger partial charge on any atom is -0.469 e. The molecule has 1 aromatic heterocycles. The van der Waals surface area contributed by atoms with Crippen molar-refractivity contribution < 1.29 is 14.3 Å². The summed E-state index contributed by atoms with van der Waals surface area (Å²) in [6, 6.07) is 3.85. The number of hydrogen-bond donors (Lipinski definition) is 0. The molecule has 1 fully saturated rings. The lowest BCUT2D eigenvalue weighted by atomic mass is 9.99. The maximum Gasteiger partial charge on any atom is 0.310 e. The van der Waals surface area contributed by atoms with Gasteiger partial charge in [0, 0.05) is 23.7 Å². The van der Waals surface area contributed by atoms with E-state index in [0.29, 0.717) is 18.8 Å². The van der Waals surface area contributed by atoms with Gasteiger partial charge in [0.25, 0.3) is 0 Å². The lowest BCUT2D eigenvalue weighted by Crippen LogP contribution is -2.31. The summed E-state index contributed by atoms with van der Waals surface area (Å²) >= 11 is 8.98. The van der Waals surface area contributed by atoms with Gasteiger partial charge in [-0.15, -0.1) is 23.1 Å². The maximum atomic E-state index is 12.2. The number of carbonyl (C=O) groups excluding carboxylic acids is 2. The number of esters is 1. The molecule has 2 heterocycles. The van der Waals surface area contributed by atoms with E-state index in [2.05, 4.69) is 0 Å². The molecule has 2 atom stereocenters. The lowest BCUT2D eigenvalue weighted by Gasteiger charge is -2.15. The Labute approximate surface area is 137 Å². The maximum absolute atomic E-state index is 12.2. The van der Waals surface area contributed by atoms with Crippen LogP contribution in [0.25, 0.3) is 0 Å². The molecule has 1 amide bonds. The first kappa shape index (κ1) is 16.6. The van der Waals surface area contributed by atoms with Crippen LogP contribution in [-0.2, 0) is 20.1 Å². The van der Waals surface area contributed by atoms with Crippen LogP contribution in [-0.4, -0.2) is 42.7 Å². The summed E-state index contributed by atoms with van der Waals surface area (Å²) in [5.74, 6) is 1.03. The van der Waals surface area contributed by atoms with Crippen molar-refractivity contribution in [2.24, 2.45) is 11.8 Å². The molecule has 1 aromatic rings. The summed E-state index contributed by atoms with van der Waals surface area (Å²) in [6.07, 6.45) is 0. The zero-order valence-electron chi connectivity index (χ0n) is 12.0. The zero-order valence-corrected chi connectivity index (χ0v) is 14.4. The molecule has 0 N–H and O–H groups in total. The van der Waals surface area contributed by atoms with Crippen LogP contribution in [0.1, 0.15) is 11.8 Å². The predicted molar refractivity (Wildman–Crippen MR) is 86.7 cm³/mol. The lowest BCUT2D eigenvalue weighted by molar-refractivity contribution is -0.146. The highest BCUT2D eigenvalue weighted by Gasteiger charge is 2.37. The normalized spacial score (nSPS) is 21.6. The Morgan fingerprint density at radius 1 is 1.48 bits per heavy atom. The van der Waals surface area contributed by atoms with Gasteiger partial charge >= 0.3 is 5.97 Å². The Bertz CT molecular complexity index is 520. The SMILES string of the molecule is COC(=O)C1CN(C(=O)CSCc2ccc(Cl)s2)CC1C. The van der Waals surface area contributed by atoms with Gasteiger partial charge in [-0.3, -0.25) is 9.59 Å². The third kappa shape index (κ3) is 4.37. The number of amides is 1. The Hall–Kier alpha value is -0.720. The molecule has 7 heteroatoms. The number of rotatable bonds is 5. The first-order valence-electron chi connectivity index (χ1n) is 6.68. The molecule has 0 bridgehead atoms. The monoisotopic (exact) mass is 347 g/mol. The number of likely N-dealkylation sites (tertiary alicyclic amines) is 1. The highest BCUT2D eigenvalue weighted by Crippen LogP contribution is 2.27. The van der Waals surface area contributed by atoms with Crippen LogP contribution in [0, 0.1) is 11.8 Å². The number of thiophene rings is 1. The number of carbonyl (C=O) groups is 2. The summed E-state index contributed by atoms with van der Waals surface area (Å²) in [6.45, 7) is 3.08. The Morgan fingerprint density at radius 2 is 2.24 bits per heavy atom. The predicted octanol–water partition coefficient (Wildman–Crippen LogP) is 2.90. The van der Waals surface area contributed by atoms with Gasteiger partial charge in [-0.1, -0.05) is 18.5 Å². The Balaban J connectivity index is 1.77. The van der Waals surface area contributed by atoms with E-state index < -0.39 is 0 Å². The van der Waals surface area contributed by atoms with Crippen LogP contribution >= 0.6 is 34.7 Å². The highest BCUT2D eigenvalue weighted by atomic mass is 35.5. The molecule has 1 saturated heterocycles. The van der Waals surface area contributed by atoms with Crippen LogP contribution in [0.15, 0.2) is 12.1 Å². The first-order chi connectivity index (χ1) is 10.0. The van der Waals surface area contributed by atoms with Crippen LogP contribution in [0.3, 0.4) is 0 Å². The fraction of sp³-hybridized carbons (Fsp3) is 0.571. The molecule has 1 aliphatic heterocycles. The van der Waals surface area contributed by atoms with Crippen LogP contribution in [0.2, 0.25) is 4.34 Å². The van der Waals surface area contributed by atoms with E-state index in [9.17, 15) is 9.59 Å². The largest absolute Gasteiger partial charge is 0.469 e. The molecular weight excluding hydrogens is 330 g/mol. The van der Waals surface area contributed by atoms with E-state index in [4.69, 9.17) is 16.3 Å². The summed E-state index contributed by atoms with van der Waals surface area (Å²) in [5, 5.41) is 0. The van der Waals surface area contributed by atoms with Gasteiger partial charge in [0.05, 0.1) is 23.1 Å². The van der Waals surface area contributed by atoms with Crippen molar-refractivity contribution in [1.82, 2.24) is 4.90 Å². The van der Waals surface area contributed by atoms with E-state index in [-0.39, 0.29) is 23.7 Å². The van der Waals surface area contributed by atoms with Gasteiger partial charge in [-0.2, -0.15) is 0 Å². The second-order valence-electron chi connectivity index (χ2n) is 5.10. The Kier molecular flexibility index (Phi) is 5.96. The minimum atomic E-state index is -0.223. The third-order valence-electron chi connectivity index (χ3n) is 3.57. The molecule has 4 nitrogen and oxygen atoms in total. The second kappa shape index (κ2) is 7.51. The second-order valence-corrected chi connectivity index (χ2v) is 7.89. The smallest absolute Gasteiger partial charge is 0.310 e. The van der Waals surface area contributed by atoms with Crippen LogP contribution in [0.5, 0.6) is 0 Å². The Morgan fingerprint density at radius 3 is 2.86 bits per heavy atom. The van der Waals surface area contributed by atoms with Crippen LogP contribution in [0.4, 0.5) is 0 Å². The number of hydrogen-bond acceptors (Lipinski definition) is 5. The standard InChI is InChI=1S/C14H18ClNO3S2/c1-9-5-16(6-11(9)14(18)19-2)13(17)8-20-7-10-3-4-12(15)21-10/h3-4,9,11H,5-8H2,1-2H3. The minimum absolute atomic E-state index is 0.0842. The summed E-state index contributed by atoms with van der Waals surface area (Å²) in [4.78, 5) is 26.7. The fourth-order valence-corrected chi connectivity index (χ4v) is 4.51. The topological polar surface area (TPSA) is 46.6 Å². The molecule has 2 unspecified atom stereocenters. The van der Waals surface area contributed by atoms with Crippen molar-refractivity contribution >= 4 is 46.6 Å². The van der Waals surface area contributed by atoms with Crippen LogP contribution < -0.4 is 0 Å². The number of nitrogens with zero attached hydrogens (tertiary/aromatic N) is 1. The van der Waals surface area contributed by atoms with E-state index in [1.165, 1.54) is 23.3 Å². The third-order valence-corrected chi connectivity index (χ3v) is 5.95. The van der Waals surface area contributed by atoms with Crippen molar-refractivity contribution in [3.63, 3.8) is 0 Å². The van der Waals surface area contributed by atoms with Gasteiger partial charge in [0.15, 0.2) is 0 Å². The van der Waals surface area contributed by atoms with Crippen molar-refractivity contribution in [3.8, 4) is 0 Å². The summed E-state index contributed by atoms with van der Waals surface area (Å²) < 4.78 is 5.55. The summed E-state index contributed by atoms with van der Waals surface area (Å²) in [5.41, 5.74) is 0. The molecular formula is C14H18ClNO3S2. The van der Waals surface area contributed by atoms with Crippen molar-refractivity contribution in [1.29, 1.82) is 0 Å². The van der Waals surface area contributed by atoms with E-state index in [1.54, 1.807) is 16.7 Å². The van der Waals surface area contributed by atoms with Gasteiger partial charge in [0.2, 0.25) is 5.91 Å². The van der Waals surface area contributed by atoms with E-state index in [0.717, 1.165) is 10.1 Å². The number of halogens is 1. The molecule has 0 spiro atoms. The van der Waals surface area contributed by atoms with Crippen molar-refractivity contribution in [3.05, 3.63) is 21.3 Å². The average molecular weight is 348 g/mol. The molecule has 116 valence electrons. The molecule has 21 heavy (non-hydrogen) atoms. The molecule has 0 saturated carbocycles. The molecule has 2 rings (SSSR count). The summed E-state index contributed by atoms with van der Waals surface area (Å²) in [7, 11) is 1.39. The van der Waals surface area contributed by atoms with Gasteiger partial charge in [-0.25, -0.2) is 0 Å². The number of ether oxygens (including phenoxy) is 1. The quantitative estimate of drug-likeness (QED) is 0.768. The molecule has 1 aliphatic rings. The molecule has 0 aliphatic carbocycles. The van der Waals surface area contributed by atoms with Gasteiger partial charge in [0.1, 0.15) is 0 Å². The zero-order chi connectivity index (χ0) is 15.4. The van der Waals surface area contributed by atoms with E-state index in [1.807, 2.05) is 19.1 Å². The average Bonchev–Trinajstić information content (AvgIpc) is 3.04. The fourth-order valence-electron chi connectivity index (χ4n) is 2.39. The van der Waals surface area contributed by atoms with Gasteiger partial charge in [-0.05, 0) is 18.1 Å². The van der Waals surface area contributed by atoms with Crippen molar-refractivity contribution in [2.45, 2.75) is 12.7 Å².